The van der Waals surface area contributed by atoms with Gasteiger partial charge in [0.2, 0.25) is 0 Å². The molecule has 1 aromatic rings. The number of aromatic nitrogens is 1. The number of hydrogen-bond acceptors (Lipinski definition) is 3. The van der Waals surface area contributed by atoms with E-state index in [0.29, 0.717) is 24.9 Å². The van der Waals surface area contributed by atoms with Crippen molar-refractivity contribution in [3.05, 3.63) is 29.6 Å². The van der Waals surface area contributed by atoms with Gasteiger partial charge in [0.15, 0.2) is 0 Å². The van der Waals surface area contributed by atoms with Crippen LogP contribution in [0.4, 0.5) is 0 Å². The lowest BCUT2D eigenvalue weighted by atomic mass is 10.0. The number of nitrogens with zero attached hydrogens (tertiary/aromatic N) is 2. The van der Waals surface area contributed by atoms with E-state index < -0.39 is 0 Å². The lowest BCUT2D eigenvalue weighted by molar-refractivity contribution is -0.122. The van der Waals surface area contributed by atoms with Crippen LogP contribution in [0.1, 0.15) is 34.9 Å². The minimum atomic E-state index is -0.102. The molecular weight excluding hydrogens is 192 g/mol. The maximum Gasteiger partial charge on any atom is 0.256 e. The Hall–Kier alpha value is -1.71. The standard InChI is InChI=1S/C11H10N2O2/c14-7-3-5-13-9(6-7)10-8(11(13)15)2-1-4-12-10/h1-2,4,9H,3,5-6H2. The molecule has 1 atom stereocenters. The molecule has 1 saturated heterocycles. The highest BCUT2D eigenvalue weighted by molar-refractivity contribution is 6.00. The molecule has 0 aliphatic carbocycles. The molecule has 4 nitrogen and oxygen atoms in total. The van der Waals surface area contributed by atoms with Gasteiger partial charge in [-0.05, 0) is 12.1 Å². The van der Waals surface area contributed by atoms with Crippen LogP contribution in [0, 0.1) is 0 Å². The normalized spacial score (nSPS) is 24.0. The smallest absolute Gasteiger partial charge is 0.256 e. The predicted molar refractivity (Wildman–Crippen MR) is 52.3 cm³/mol. The number of carbonyl (C=O) groups is 2. The largest absolute Gasteiger partial charge is 0.329 e. The molecule has 15 heavy (non-hydrogen) atoms. The average Bonchev–Trinajstić information content (AvgIpc) is 2.54. The molecule has 0 aromatic carbocycles. The van der Waals surface area contributed by atoms with Crippen molar-refractivity contribution in [1.29, 1.82) is 0 Å². The van der Waals surface area contributed by atoms with Crippen molar-refractivity contribution >= 4 is 11.7 Å². The number of fused-ring (bicyclic) bond motifs is 3. The van der Waals surface area contributed by atoms with Gasteiger partial charge in [-0.1, -0.05) is 0 Å². The van der Waals surface area contributed by atoms with Crippen molar-refractivity contribution in [2.75, 3.05) is 6.54 Å². The Balaban J connectivity index is 2.10. The van der Waals surface area contributed by atoms with Gasteiger partial charge >= 0.3 is 0 Å². The molecule has 0 saturated carbocycles. The van der Waals surface area contributed by atoms with Crippen LogP contribution >= 0.6 is 0 Å². The first kappa shape index (κ1) is 8.59. The zero-order chi connectivity index (χ0) is 10.4. The minimum absolute atomic E-state index is 0.0237. The first-order valence-corrected chi connectivity index (χ1v) is 5.05. The lowest BCUT2D eigenvalue weighted by Crippen LogP contribution is -2.36. The van der Waals surface area contributed by atoms with E-state index in [0.717, 1.165) is 5.69 Å². The molecule has 4 heteroatoms. The predicted octanol–water partition coefficient (Wildman–Crippen LogP) is 0.941. The molecule has 1 amide bonds. The maximum atomic E-state index is 11.9. The van der Waals surface area contributed by atoms with Crippen molar-refractivity contribution in [2.24, 2.45) is 0 Å². The molecule has 2 aliphatic rings. The van der Waals surface area contributed by atoms with E-state index in [4.69, 9.17) is 0 Å². The molecule has 1 unspecified atom stereocenters. The number of ketones is 1. The number of amides is 1. The van der Waals surface area contributed by atoms with Crippen molar-refractivity contribution < 1.29 is 9.59 Å². The molecule has 1 fully saturated rings. The maximum absolute atomic E-state index is 11.9. The van der Waals surface area contributed by atoms with E-state index in [-0.39, 0.29) is 17.7 Å². The lowest BCUT2D eigenvalue weighted by Gasteiger charge is -2.28. The Morgan fingerprint density at radius 2 is 2.27 bits per heavy atom. The van der Waals surface area contributed by atoms with Crippen LogP contribution in [-0.4, -0.2) is 28.1 Å². The number of hydrogen-bond donors (Lipinski definition) is 0. The second-order valence-electron chi connectivity index (χ2n) is 3.94. The summed E-state index contributed by atoms with van der Waals surface area (Å²) in [6.45, 7) is 0.540. The number of piperidine rings is 1. The molecule has 2 aliphatic heterocycles. The van der Waals surface area contributed by atoms with Gasteiger partial charge in [-0.15, -0.1) is 0 Å². The van der Waals surface area contributed by atoms with E-state index in [2.05, 4.69) is 4.98 Å². The fourth-order valence-electron chi connectivity index (χ4n) is 2.33. The molecule has 0 bridgehead atoms. The monoisotopic (exact) mass is 202 g/mol. The topological polar surface area (TPSA) is 50.3 Å². The summed E-state index contributed by atoms with van der Waals surface area (Å²) in [4.78, 5) is 29.2. The Morgan fingerprint density at radius 1 is 1.40 bits per heavy atom. The van der Waals surface area contributed by atoms with Crippen LogP contribution in [0.2, 0.25) is 0 Å². The zero-order valence-corrected chi connectivity index (χ0v) is 8.14. The molecule has 3 rings (SSSR count). The van der Waals surface area contributed by atoms with E-state index in [1.54, 1.807) is 23.2 Å². The van der Waals surface area contributed by atoms with Gasteiger partial charge in [-0.25, -0.2) is 0 Å². The van der Waals surface area contributed by atoms with E-state index in [1.807, 2.05) is 0 Å². The molecule has 1 aromatic heterocycles. The SMILES string of the molecule is O=C1CCN2C(=O)c3cccnc3C2C1. The van der Waals surface area contributed by atoms with Gasteiger partial charge in [-0.3, -0.25) is 14.6 Å². The van der Waals surface area contributed by atoms with Crippen LogP contribution in [0.3, 0.4) is 0 Å². The number of Topliss-reactive ketones (excluding diaryl/α,β-unsaturated/α-hetero) is 1. The van der Waals surface area contributed by atoms with Gasteiger partial charge in [-0.2, -0.15) is 0 Å². The summed E-state index contributed by atoms with van der Waals surface area (Å²) < 4.78 is 0. The van der Waals surface area contributed by atoms with Gasteiger partial charge in [0.1, 0.15) is 5.78 Å². The summed E-state index contributed by atoms with van der Waals surface area (Å²) in [6.07, 6.45) is 2.58. The summed E-state index contributed by atoms with van der Waals surface area (Å²) in [5.74, 6) is 0.248. The Kier molecular flexibility index (Phi) is 1.65. The van der Waals surface area contributed by atoms with Crippen molar-refractivity contribution in [3.8, 4) is 0 Å². The third kappa shape index (κ3) is 1.11. The van der Waals surface area contributed by atoms with E-state index >= 15 is 0 Å². The second kappa shape index (κ2) is 2.89. The highest BCUT2D eigenvalue weighted by atomic mass is 16.2. The number of pyridine rings is 1. The minimum Gasteiger partial charge on any atom is -0.329 e. The summed E-state index contributed by atoms with van der Waals surface area (Å²) in [5, 5.41) is 0. The number of carbonyl (C=O) groups excluding carboxylic acids is 2. The quantitative estimate of drug-likeness (QED) is 0.629. The number of rotatable bonds is 0. The van der Waals surface area contributed by atoms with Crippen LogP contribution in [0.15, 0.2) is 18.3 Å². The van der Waals surface area contributed by atoms with Crippen molar-refractivity contribution in [2.45, 2.75) is 18.9 Å². The molecule has 0 radical (unpaired) electrons. The molecule has 0 N–H and O–H groups in total. The van der Waals surface area contributed by atoms with Crippen molar-refractivity contribution in [3.63, 3.8) is 0 Å². The summed E-state index contributed by atoms with van der Waals surface area (Å²) >= 11 is 0. The Morgan fingerprint density at radius 3 is 3.13 bits per heavy atom. The first-order chi connectivity index (χ1) is 7.27. The van der Waals surface area contributed by atoms with Gasteiger partial charge in [0, 0.05) is 25.6 Å². The van der Waals surface area contributed by atoms with Gasteiger partial charge in [0.05, 0.1) is 17.3 Å². The van der Waals surface area contributed by atoms with E-state index in [1.165, 1.54) is 0 Å². The summed E-state index contributed by atoms with van der Waals surface area (Å²) in [7, 11) is 0. The highest BCUT2D eigenvalue weighted by Crippen LogP contribution is 2.37. The third-order valence-electron chi connectivity index (χ3n) is 3.07. The summed E-state index contributed by atoms with van der Waals surface area (Å²) in [6, 6.07) is 3.44. The molecule has 76 valence electrons. The van der Waals surface area contributed by atoms with Crippen molar-refractivity contribution in [1.82, 2.24) is 9.88 Å². The van der Waals surface area contributed by atoms with Gasteiger partial charge < -0.3 is 4.90 Å². The first-order valence-electron chi connectivity index (χ1n) is 5.05. The van der Waals surface area contributed by atoms with Gasteiger partial charge in [0.25, 0.3) is 5.91 Å². The highest BCUT2D eigenvalue weighted by Gasteiger charge is 2.41. The Bertz CT molecular complexity index is 456. The van der Waals surface area contributed by atoms with Crippen LogP contribution in [0.25, 0.3) is 0 Å². The zero-order valence-electron chi connectivity index (χ0n) is 8.14. The van der Waals surface area contributed by atoms with E-state index in [9.17, 15) is 9.59 Å². The van der Waals surface area contributed by atoms with Crippen LogP contribution in [0.5, 0.6) is 0 Å². The summed E-state index contributed by atoms with van der Waals surface area (Å²) in [5.41, 5.74) is 1.44. The second-order valence-corrected chi connectivity index (χ2v) is 3.94. The molecule has 3 heterocycles. The molecular formula is C11H10N2O2. The van der Waals surface area contributed by atoms with Crippen LogP contribution in [-0.2, 0) is 4.79 Å². The fraction of sp³-hybridized carbons (Fsp3) is 0.364. The third-order valence-corrected chi connectivity index (χ3v) is 3.07. The average molecular weight is 202 g/mol. The molecule has 0 spiro atoms. The van der Waals surface area contributed by atoms with Crippen LogP contribution < -0.4 is 0 Å². The Labute approximate surface area is 86.9 Å². The fourth-order valence-corrected chi connectivity index (χ4v) is 2.33.